The zero-order chi connectivity index (χ0) is 14.8. The molecule has 0 spiro atoms. The van der Waals surface area contributed by atoms with Crippen LogP contribution >= 0.6 is 23.1 Å². The first-order valence-corrected chi connectivity index (χ1v) is 9.20. The number of aromatic nitrogens is 1. The van der Waals surface area contributed by atoms with E-state index in [-0.39, 0.29) is 5.92 Å². The van der Waals surface area contributed by atoms with Gasteiger partial charge in [-0.1, -0.05) is 39.0 Å². The molecule has 1 aliphatic rings. The van der Waals surface area contributed by atoms with Crippen molar-refractivity contribution < 1.29 is 0 Å². The summed E-state index contributed by atoms with van der Waals surface area (Å²) in [6.07, 6.45) is 4.62. The minimum absolute atomic E-state index is 0.188. The van der Waals surface area contributed by atoms with E-state index in [0.717, 1.165) is 28.8 Å². The van der Waals surface area contributed by atoms with Crippen molar-refractivity contribution in [1.82, 2.24) is 4.98 Å². The highest BCUT2D eigenvalue weighted by atomic mass is 32.2. The molecule has 0 radical (unpaired) electrons. The molecule has 1 aromatic heterocycles. The predicted octanol–water partition coefficient (Wildman–Crippen LogP) is 5.29. The van der Waals surface area contributed by atoms with Crippen molar-refractivity contribution in [3.8, 4) is 6.07 Å². The summed E-state index contributed by atoms with van der Waals surface area (Å²) in [4.78, 5) is 4.55. The number of hydrogen-bond acceptors (Lipinski definition) is 4. The standard InChI is InChI=1S/C16H24N2S2/c1-5-16(3,4)13-7-6-12(9-17)14(8-13)20-15-18-11(2)10-19-15/h10,12-14H,5-8H2,1-4H3. The smallest absolute Gasteiger partial charge is 0.150 e. The van der Waals surface area contributed by atoms with Crippen molar-refractivity contribution in [1.29, 1.82) is 5.26 Å². The minimum Gasteiger partial charge on any atom is -0.235 e. The topological polar surface area (TPSA) is 36.7 Å². The van der Waals surface area contributed by atoms with Gasteiger partial charge >= 0.3 is 0 Å². The van der Waals surface area contributed by atoms with E-state index in [1.165, 1.54) is 12.8 Å². The summed E-state index contributed by atoms with van der Waals surface area (Å²) >= 11 is 3.55. The van der Waals surface area contributed by atoms with Gasteiger partial charge in [0.15, 0.2) is 0 Å². The first-order chi connectivity index (χ1) is 9.46. The second-order valence-electron chi connectivity index (χ2n) is 6.50. The Labute approximate surface area is 131 Å². The van der Waals surface area contributed by atoms with Gasteiger partial charge in [-0.05, 0) is 37.5 Å². The molecule has 0 saturated heterocycles. The van der Waals surface area contributed by atoms with Crippen molar-refractivity contribution in [2.75, 3.05) is 0 Å². The SMILES string of the molecule is CCC(C)(C)C1CCC(C#N)C(Sc2nc(C)cs2)C1. The van der Waals surface area contributed by atoms with Crippen LogP contribution in [-0.4, -0.2) is 10.2 Å². The molecule has 20 heavy (non-hydrogen) atoms. The molecule has 0 aromatic carbocycles. The van der Waals surface area contributed by atoms with Crippen molar-refractivity contribution in [2.45, 2.75) is 63.0 Å². The lowest BCUT2D eigenvalue weighted by atomic mass is 9.67. The summed E-state index contributed by atoms with van der Waals surface area (Å²) in [6.45, 7) is 9.06. The summed E-state index contributed by atoms with van der Waals surface area (Å²) < 4.78 is 1.13. The van der Waals surface area contributed by atoms with Crippen LogP contribution in [0, 0.1) is 35.5 Å². The summed E-state index contributed by atoms with van der Waals surface area (Å²) in [5.41, 5.74) is 1.48. The predicted molar refractivity (Wildman–Crippen MR) is 87.0 cm³/mol. The van der Waals surface area contributed by atoms with Crippen LogP contribution in [0.4, 0.5) is 0 Å². The van der Waals surface area contributed by atoms with E-state index in [2.05, 4.69) is 37.2 Å². The Morgan fingerprint density at radius 2 is 2.25 bits per heavy atom. The van der Waals surface area contributed by atoms with E-state index < -0.39 is 0 Å². The number of nitrogens with zero attached hydrogens (tertiary/aromatic N) is 2. The Bertz CT molecular complexity index is 487. The van der Waals surface area contributed by atoms with Gasteiger partial charge < -0.3 is 0 Å². The lowest BCUT2D eigenvalue weighted by molar-refractivity contribution is 0.144. The molecule has 0 N–H and O–H groups in total. The highest BCUT2D eigenvalue weighted by Crippen LogP contribution is 2.47. The summed E-state index contributed by atoms with van der Waals surface area (Å²) in [7, 11) is 0. The summed E-state index contributed by atoms with van der Waals surface area (Å²) in [5.74, 6) is 0.920. The van der Waals surface area contributed by atoms with Crippen LogP contribution in [0.15, 0.2) is 9.72 Å². The molecule has 2 rings (SSSR count). The molecule has 2 nitrogen and oxygen atoms in total. The zero-order valence-corrected chi connectivity index (χ0v) is 14.5. The molecule has 3 unspecified atom stereocenters. The fourth-order valence-corrected chi connectivity index (χ4v) is 5.33. The summed E-state index contributed by atoms with van der Waals surface area (Å²) in [5, 5.41) is 11.9. The molecule has 1 heterocycles. The van der Waals surface area contributed by atoms with Crippen LogP contribution in [0.2, 0.25) is 0 Å². The van der Waals surface area contributed by atoms with E-state index in [0.29, 0.717) is 10.7 Å². The van der Waals surface area contributed by atoms with Gasteiger partial charge in [-0.15, -0.1) is 11.3 Å². The van der Waals surface area contributed by atoms with Crippen molar-refractivity contribution in [3.63, 3.8) is 0 Å². The largest absolute Gasteiger partial charge is 0.235 e. The lowest BCUT2D eigenvalue weighted by Gasteiger charge is -2.40. The van der Waals surface area contributed by atoms with E-state index >= 15 is 0 Å². The molecule has 1 aliphatic carbocycles. The van der Waals surface area contributed by atoms with Crippen LogP contribution in [0.3, 0.4) is 0 Å². The van der Waals surface area contributed by atoms with E-state index in [1.54, 1.807) is 11.3 Å². The molecule has 1 fully saturated rings. The van der Waals surface area contributed by atoms with Crippen molar-refractivity contribution in [3.05, 3.63) is 11.1 Å². The average molecular weight is 309 g/mol. The highest BCUT2D eigenvalue weighted by Gasteiger charge is 2.38. The molecule has 4 heteroatoms. The molecule has 1 aromatic rings. The lowest BCUT2D eigenvalue weighted by Crippen LogP contribution is -2.34. The van der Waals surface area contributed by atoms with Crippen molar-refractivity contribution in [2.24, 2.45) is 17.3 Å². The van der Waals surface area contributed by atoms with Gasteiger partial charge in [0.25, 0.3) is 0 Å². The number of thioether (sulfide) groups is 1. The third kappa shape index (κ3) is 3.56. The molecule has 0 aliphatic heterocycles. The zero-order valence-electron chi connectivity index (χ0n) is 12.8. The number of nitriles is 1. The van der Waals surface area contributed by atoms with E-state index in [9.17, 15) is 5.26 Å². The number of aryl methyl sites for hydroxylation is 1. The molecule has 3 atom stereocenters. The first-order valence-electron chi connectivity index (χ1n) is 7.44. The number of rotatable bonds is 4. The quantitative estimate of drug-likeness (QED) is 0.758. The Balaban J connectivity index is 2.09. The Morgan fingerprint density at radius 3 is 2.80 bits per heavy atom. The molecule has 0 bridgehead atoms. The van der Waals surface area contributed by atoms with Crippen LogP contribution in [0.5, 0.6) is 0 Å². The third-order valence-electron chi connectivity index (χ3n) is 4.82. The maximum absolute atomic E-state index is 9.41. The van der Waals surface area contributed by atoms with Gasteiger partial charge in [-0.3, -0.25) is 0 Å². The second-order valence-corrected chi connectivity index (χ2v) is 8.84. The molecule has 1 saturated carbocycles. The summed E-state index contributed by atoms with van der Waals surface area (Å²) in [6, 6.07) is 2.53. The normalized spacial score (nSPS) is 27.2. The van der Waals surface area contributed by atoms with Crippen LogP contribution in [0.25, 0.3) is 0 Å². The van der Waals surface area contributed by atoms with Crippen LogP contribution < -0.4 is 0 Å². The van der Waals surface area contributed by atoms with Gasteiger partial charge in [-0.25, -0.2) is 4.98 Å². The van der Waals surface area contributed by atoms with Gasteiger partial charge in [0, 0.05) is 16.3 Å². The Hall–Kier alpha value is -0.530. The molecule has 110 valence electrons. The van der Waals surface area contributed by atoms with Gasteiger partial charge in [0.05, 0.1) is 12.0 Å². The second kappa shape index (κ2) is 6.49. The average Bonchev–Trinajstić information content (AvgIpc) is 2.84. The maximum Gasteiger partial charge on any atom is 0.150 e. The van der Waals surface area contributed by atoms with Gasteiger partial charge in [0.2, 0.25) is 0 Å². The van der Waals surface area contributed by atoms with E-state index in [4.69, 9.17) is 0 Å². The Kier molecular flexibility index (Phi) is 5.14. The maximum atomic E-state index is 9.41. The van der Waals surface area contributed by atoms with Gasteiger partial charge in [0.1, 0.15) is 4.34 Å². The molecular weight excluding hydrogens is 284 g/mol. The fourth-order valence-electron chi connectivity index (χ4n) is 2.92. The first kappa shape index (κ1) is 15.9. The Morgan fingerprint density at radius 1 is 1.50 bits per heavy atom. The van der Waals surface area contributed by atoms with Crippen LogP contribution in [0.1, 0.15) is 52.1 Å². The molecule has 0 amide bonds. The highest BCUT2D eigenvalue weighted by molar-refractivity contribution is 8.01. The van der Waals surface area contributed by atoms with Crippen LogP contribution in [-0.2, 0) is 0 Å². The third-order valence-corrected chi connectivity index (χ3v) is 7.27. The number of hydrogen-bond donors (Lipinski definition) is 0. The minimum atomic E-state index is 0.188. The van der Waals surface area contributed by atoms with E-state index in [1.807, 2.05) is 18.7 Å². The molecular formula is C16H24N2S2. The number of thiazole rings is 1. The van der Waals surface area contributed by atoms with Gasteiger partial charge in [-0.2, -0.15) is 5.26 Å². The monoisotopic (exact) mass is 308 g/mol. The van der Waals surface area contributed by atoms with Crippen molar-refractivity contribution >= 4 is 23.1 Å². The fraction of sp³-hybridized carbons (Fsp3) is 0.750.